The van der Waals surface area contributed by atoms with E-state index >= 15 is 0 Å². The monoisotopic (exact) mass is 672 g/mol. The molecule has 0 saturated heterocycles. The predicted octanol–water partition coefficient (Wildman–Crippen LogP) is -4.06. The summed E-state index contributed by atoms with van der Waals surface area (Å²) in [5, 5.41) is 100. The third-order valence-corrected chi connectivity index (χ3v) is 7.17. The first-order chi connectivity index (χ1) is 21.8. The van der Waals surface area contributed by atoms with E-state index in [0.717, 1.165) is 0 Å². The van der Waals surface area contributed by atoms with Crippen molar-refractivity contribution >= 4 is 17.6 Å². The van der Waals surface area contributed by atoms with Crippen LogP contribution in [-0.2, 0) is 23.9 Å². The average Bonchev–Trinajstić information content (AvgIpc) is 3.03. The van der Waals surface area contributed by atoms with Gasteiger partial charge in [0.1, 0.15) is 36.6 Å². The van der Waals surface area contributed by atoms with Gasteiger partial charge in [-0.2, -0.15) is 0 Å². The molecule has 0 radical (unpaired) electrons. The highest BCUT2D eigenvalue weighted by molar-refractivity contribution is 5.87. The van der Waals surface area contributed by atoms with Crippen LogP contribution < -0.4 is 10.6 Å². The number of aliphatic hydroxyl groups is 10. The molecule has 8 unspecified atom stereocenters. The number of hydrogen-bond acceptors (Lipinski definition) is 15. The average molecular weight is 673 g/mol. The van der Waals surface area contributed by atoms with Crippen molar-refractivity contribution in [2.75, 3.05) is 39.6 Å². The third-order valence-electron chi connectivity index (χ3n) is 7.17. The van der Waals surface area contributed by atoms with Gasteiger partial charge in [-0.15, -0.1) is 0 Å². The zero-order chi connectivity index (χ0) is 35.1. The standard InChI is InChI=1S/C29H56N2O15/c1-18(34)19(31-24(39)10-4-7-15-46-29(44)28(43)25(40)20(35)11-13-32)8-2-5-12-30-23(38)9-3-6-14-45-17-22(37)27(42)26(41)21(36)16-33/h19-22,25-29,32-33,35-37,40-44H,2-17H2,1H3,(H,30,38)(H,31,39)/t19-,20?,21?,22?,25?,26?,27?,28?,29?/m0/s1. The number of carbonyl (C=O) groups is 3. The van der Waals surface area contributed by atoms with Crippen LogP contribution in [0.1, 0.15) is 71.1 Å². The molecule has 0 fully saturated rings. The molecule has 0 aliphatic heterocycles. The number of ether oxygens (including phenoxy) is 2. The lowest BCUT2D eigenvalue weighted by Gasteiger charge is -2.26. The summed E-state index contributed by atoms with van der Waals surface area (Å²) >= 11 is 0. The minimum atomic E-state index is -1.78. The lowest BCUT2D eigenvalue weighted by molar-refractivity contribution is -0.203. The molecule has 46 heavy (non-hydrogen) atoms. The van der Waals surface area contributed by atoms with E-state index < -0.39 is 68.3 Å². The molecule has 9 atom stereocenters. The van der Waals surface area contributed by atoms with E-state index in [1.165, 1.54) is 6.92 Å². The van der Waals surface area contributed by atoms with E-state index in [1.54, 1.807) is 0 Å². The molecule has 0 aliphatic carbocycles. The molecule has 12 N–H and O–H groups in total. The first-order valence-corrected chi connectivity index (χ1v) is 15.7. The Morgan fingerprint density at radius 3 is 1.85 bits per heavy atom. The summed E-state index contributed by atoms with van der Waals surface area (Å²) in [4.78, 5) is 36.3. The van der Waals surface area contributed by atoms with Gasteiger partial charge in [-0.3, -0.25) is 14.4 Å². The van der Waals surface area contributed by atoms with Crippen molar-refractivity contribution in [2.24, 2.45) is 0 Å². The molecule has 0 aliphatic rings. The molecule has 17 heteroatoms. The Balaban J connectivity index is 4.03. The van der Waals surface area contributed by atoms with Gasteiger partial charge in [0.05, 0.1) is 25.4 Å². The van der Waals surface area contributed by atoms with Crippen molar-refractivity contribution < 1.29 is 74.9 Å². The Morgan fingerprint density at radius 1 is 0.652 bits per heavy atom. The van der Waals surface area contributed by atoms with E-state index in [9.17, 15) is 55.2 Å². The van der Waals surface area contributed by atoms with Gasteiger partial charge in [0, 0.05) is 39.2 Å². The maximum Gasteiger partial charge on any atom is 0.220 e. The summed E-state index contributed by atoms with van der Waals surface area (Å²) in [5.41, 5.74) is 0. The molecule has 0 heterocycles. The third kappa shape index (κ3) is 19.7. The first-order valence-electron chi connectivity index (χ1n) is 15.7. The van der Waals surface area contributed by atoms with Crippen molar-refractivity contribution in [1.29, 1.82) is 0 Å². The van der Waals surface area contributed by atoms with E-state index in [2.05, 4.69) is 10.6 Å². The van der Waals surface area contributed by atoms with Crippen molar-refractivity contribution in [3.05, 3.63) is 0 Å². The number of nitrogens with one attached hydrogen (secondary N) is 2. The second-order valence-electron chi connectivity index (χ2n) is 11.2. The first kappa shape index (κ1) is 44.1. The van der Waals surface area contributed by atoms with Crippen LogP contribution in [0.2, 0.25) is 0 Å². The van der Waals surface area contributed by atoms with Crippen LogP contribution in [0.3, 0.4) is 0 Å². The molecule has 0 rings (SSSR count). The maximum absolute atomic E-state index is 12.3. The van der Waals surface area contributed by atoms with E-state index in [4.69, 9.17) is 19.7 Å². The van der Waals surface area contributed by atoms with Crippen molar-refractivity contribution in [3.8, 4) is 0 Å². The quantitative estimate of drug-likeness (QED) is 0.0266. The van der Waals surface area contributed by atoms with Crippen LogP contribution in [0.15, 0.2) is 0 Å². The smallest absolute Gasteiger partial charge is 0.220 e. The highest BCUT2D eigenvalue weighted by Crippen LogP contribution is 2.11. The Hall–Kier alpha value is -1.87. The number of aliphatic hydroxyl groups excluding tert-OH is 10. The van der Waals surface area contributed by atoms with Crippen molar-refractivity contribution in [3.63, 3.8) is 0 Å². The fraction of sp³-hybridized carbons (Fsp3) is 0.897. The number of hydrogen-bond donors (Lipinski definition) is 12. The molecule has 0 aromatic rings. The zero-order valence-electron chi connectivity index (χ0n) is 26.5. The normalized spacial score (nSPS) is 17.6. The van der Waals surface area contributed by atoms with Crippen LogP contribution in [0, 0.1) is 0 Å². The molecule has 2 amide bonds. The summed E-state index contributed by atoms with van der Waals surface area (Å²) in [6.45, 7) is 0.428. The van der Waals surface area contributed by atoms with Gasteiger partial charge >= 0.3 is 0 Å². The molecule has 272 valence electrons. The van der Waals surface area contributed by atoms with Crippen LogP contribution in [0.25, 0.3) is 0 Å². The number of ketones is 1. The van der Waals surface area contributed by atoms with Gasteiger partial charge in [0.2, 0.25) is 11.8 Å². The largest absolute Gasteiger partial charge is 0.396 e. The number of Topliss-reactive ketones (excluding diaryl/α,β-unsaturated/α-hetero) is 1. The lowest BCUT2D eigenvalue weighted by Crippen LogP contribution is -2.47. The Bertz CT molecular complexity index is 824. The molecule has 17 nitrogen and oxygen atoms in total. The summed E-state index contributed by atoms with van der Waals surface area (Å²) in [5.74, 6) is -0.721. The Morgan fingerprint density at radius 2 is 1.24 bits per heavy atom. The minimum Gasteiger partial charge on any atom is -0.396 e. The second-order valence-corrected chi connectivity index (χ2v) is 11.2. The van der Waals surface area contributed by atoms with Gasteiger partial charge in [0.15, 0.2) is 12.1 Å². The second kappa shape index (κ2) is 26.1. The van der Waals surface area contributed by atoms with Gasteiger partial charge in [0.25, 0.3) is 0 Å². The van der Waals surface area contributed by atoms with Crippen molar-refractivity contribution in [1.82, 2.24) is 10.6 Å². The van der Waals surface area contributed by atoms with E-state index in [-0.39, 0.29) is 56.7 Å². The SMILES string of the molecule is CC(=O)[C@H](CCCCNC(=O)CCCCOCC(O)C(O)C(O)C(O)CO)NC(=O)CCCCOC(O)C(O)C(O)C(O)CCO. The molecule has 0 aromatic heterocycles. The molecule has 0 bridgehead atoms. The molecule has 0 aromatic carbocycles. The van der Waals surface area contributed by atoms with Crippen LogP contribution in [0.4, 0.5) is 0 Å². The lowest BCUT2D eigenvalue weighted by atomic mass is 10.0. The predicted molar refractivity (Wildman–Crippen MR) is 161 cm³/mol. The fourth-order valence-corrected chi connectivity index (χ4v) is 4.18. The van der Waals surface area contributed by atoms with Crippen LogP contribution in [-0.4, -0.2) is 163 Å². The highest BCUT2D eigenvalue weighted by atomic mass is 16.6. The van der Waals surface area contributed by atoms with E-state index in [1.807, 2.05) is 0 Å². The van der Waals surface area contributed by atoms with E-state index in [0.29, 0.717) is 51.5 Å². The van der Waals surface area contributed by atoms with Gasteiger partial charge in [-0.05, 0) is 58.3 Å². The summed E-state index contributed by atoms with van der Waals surface area (Å²) in [7, 11) is 0. The minimum absolute atomic E-state index is 0.0376. The summed E-state index contributed by atoms with van der Waals surface area (Å²) in [6, 6.07) is -0.675. The van der Waals surface area contributed by atoms with Gasteiger partial charge in [-0.25, -0.2) is 0 Å². The van der Waals surface area contributed by atoms with Crippen molar-refractivity contribution in [2.45, 2.75) is 126 Å². The zero-order valence-corrected chi connectivity index (χ0v) is 26.5. The highest BCUT2D eigenvalue weighted by Gasteiger charge is 2.31. The Kier molecular flexibility index (Phi) is 25.1. The number of carbonyl (C=O) groups excluding carboxylic acids is 3. The van der Waals surface area contributed by atoms with Gasteiger partial charge in [-0.1, -0.05) is 0 Å². The Labute approximate surface area is 269 Å². The summed E-state index contributed by atoms with van der Waals surface area (Å²) < 4.78 is 10.2. The number of amides is 2. The molecule has 0 spiro atoms. The summed E-state index contributed by atoms with van der Waals surface area (Å²) in [6.07, 6.45) is -9.79. The van der Waals surface area contributed by atoms with Crippen LogP contribution >= 0.6 is 0 Å². The molecular formula is C29H56N2O15. The molecular weight excluding hydrogens is 616 g/mol. The van der Waals surface area contributed by atoms with Crippen LogP contribution in [0.5, 0.6) is 0 Å². The molecule has 0 saturated carbocycles. The fourth-order valence-electron chi connectivity index (χ4n) is 4.18. The number of unbranched alkanes of at least 4 members (excludes halogenated alkanes) is 3. The maximum atomic E-state index is 12.3. The van der Waals surface area contributed by atoms with Gasteiger partial charge < -0.3 is 71.2 Å². The topological polar surface area (TPSA) is 296 Å². The number of rotatable bonds is 29.